The molecule has 2 heterocycles. The maximum absolute atomic E-state index is 12.3. The van der Waals surface area contributed by atoms with Gasteiger partial charge in [0.15, 0.2) is 0 Å². The predicted molar refractivity (Wildman–Crippen MR) is 215 cm³/mol. The topological polar surface area (TPSA) is 168 Å². The molecule has 1 saturated heterocycles. The maximum Gasteiger partial charge on any atom is 0.290 e. The molecule has 0 bridgehead atoms. The first-order valence-corrected chi connectivity index (χ1v) is 20.9. The van der Waals surface area contributed by atoms with Gasteiger partial charge in [-0.3, -0.25) is 14.4 Å². The summed E-state index contributed by atoms with van der Waals surface area (Å²) in [5.74, 6) is 0.704. The van der Waals surface area contributed by atoms with E-state index in [0.29, 0.717) is 29.8 Å². The zero-order valence-electron chi connectivity index (χ0n) is 34.3. The van der Waals surface area contributed by atoms with Crippen molar-refractivity contribution in [2.75, 3.05) is 47.4 Å². The van der Waals surface area contributed by atoms with Crippen molar-refractivity contribution < 1.29 is 33.0 Å². The van der Waals surface area contributed by atoms with Crippen molar-refractivity contribution in [1.29, 1.82) is 0 Å². The number of sulfonamides is 1. The summed E-state index contributed by atoms with van der Waals surface area (Å²) in [6, 6.07) is 4.12. The van der Waals surface area contributed by atoms with E-state index in [9.17, 15) is 18.0 Å². The van der Waals surface area contributed by atoms with Crippen LogP contribution in [0.4, 0.5) is 0 Å². The molecule has 304 valence electrons. The van der Waals surface area contributed by atoms with Crippen molar-refractivity contribution in [2.45, 2.75) is 143 Å². The maximum atomic E-state index is 12.3. The van der Waals surface area contributed by atoms with E-state index in [1.54, 1.807) is 29.5 Å². The zero-order valence-corrected chi connectivity index (χ0v) is 36.0. The highest BCUT2D eigenvalue weighted by atomic mass is 32.2. The van der Waals surface area contributed by atoms with E-state index in [4.69, 9.17) is 15.0 Å². The minimum Gasteiger partial charge on any atom is -0.483 e. The number of carbonyl (C=O) groups is 3. The van der Waals surface area contributed by atoms with Gasteiger partial charge in [0.2, 0.25) is 12.3 Å². The zero-order chi connectivity index (χ0) is 40.5. The van der Waals surface area contributed by atoms with E-state index in [1.165, 1.54) is 54.2 Å². The first-order valence-electron chi connectivity index (χ1n) is 18.6. The van der Waals surface area contributed by atoms with Gasteiger partial charge in [0.25, 0.3) is 16.5 Å². The quantitative estimate of drug-likeness (QED) is 0.0935. The molecule has 2 rings (SSSR count). The highest BCUT2D eigenvalue weighted by molar-refractivity contribution is 7.91. The van der Waals surface area contributed by atoms with Gasteiger partial charge in [0.1, 0.15) is 4.21 Å². The number of likely N-dealkylation sites (N-methyl/N-ethyl adjacent to an activating group) is 2. The van der Waals surface area contributed by atoms with Crippen molar-refractivity contribution in [1.82, 2.24) is 25.2 Å². The summed E-state index contributed by atoms with van der Waals surface area (Å²) < 4.78 is 26.4. The molecule has 0 aliphatic carbocycles. The SMILES string of the molecule is CC.CC.CCCCCCCC(C)C(C)NC.CN[C@H](CN(C)S(=O)(=O)c1cccs1)C(C)(C)C.O=CNCC(=O)N1CCC[C@H]1CO.O=CO. The Bertz CT molecular complexity index is 1040. The lowest BCUT2D eigenvalue weighted by atomic mass is 9.87. The number of hydrogen-bond acceptors (Lipinski definition) is 9. The van der Waals surface area contributed by atoms with E-state index in [0.717, 1.165) is 18.8 Å². The second kappa shape index (κ2) is 35.0. The van der Waals surface area contributed by atoms with Crippen molar-refractivity contribution in [3.8, 4) is 0 Å². The number of carbonyl (C=O) groups excluding carboxylic acids is 2. The van der Waals surface area contributed by atoms with Crippen molar-refractivity contribution in [2.24, 2.45) is 11.3 Å². The van der Waals surface area contributed by atoms with E-state index in [2.05, 4.69) is 64.5 Å². The molecule has 0 aromatic carbocycles. The molecule has 0 radical (unpaired) electrons. The van der Waals surface area contributed by atoms with Crippen molar-refractivity contribution in [3.05, 3.63) is 17.5 Å². The summed E-state index contributed by atoms with van der Waals surface area (Å²) in [6.45, 7) is 22.1. The smallest absolute Gasteiger partial charge is 0.290 e. The van der Waals surface area contributed by atoms with Crippen LogP contribution >= 0.6 is 11.3 Å². The molecule has 0 saturated carbocycles. The normalized spacial score (nSPS) is 15.3. The number of thiophene rings is 1. The van der Waals surface area contributed by atoms with Crippen LogP contribution in [0.5, 0.6) is 0 Å². The summed E-state index contributed by atoms with van der Waals surface area (Å²) in [7, 11) is 2.20. The Morgan fingerprint density at radius 2 is 1.65 bits per heavy atom. The minimum absolute atomic E-state index is 0.00678. The Balaban J connectivity index is -0.000000302. The number of aliphatic hydroxyl groups excluding tert-OH is 1. The molecule has 2 amide bonds. The summed E-state index contributed by atoms with van der Waals surface area (Å²) in [5.41, 5.74) is 0.00792. The molecule has 1 aliphatic heterocycles. The Morgan fingerprint density at radius 3 is 2.08 bits per heavy atom. The van der Waals surface area contributed by atoms with Crippen LogP contribution in [0.2, 0.25) is 0 Å². The monoisotopic (exact) mass is 768 g/mol. The highest BCUT2D eigenvalue weighted by Crippen LogP contribution is 2.24. The lowest BCUT2D eigenvalue weighted by Crippen LogP contribution is -2.47. The predicted octanol–water partition coefficient (Wildman–Crippen LogP) is 6.06. The molecule has 5 N–H and O–H groups in total. The van der Waals surface area contributed by atoms with Gasteiger partial charge in [0.05, 0.1) is 19.2 Å². The van der Waals surface area contributed by atoms with Crippen LogP contribution in [0.25, 0.3) is 0 Å². The molecule has 1 fully saturated rings. The fourth-order valence-electron chi connectivity index (χ4n) is 4.91. The molecule has 51 heavy (non-hydrogen) atoms. The molecule has 12 nitrogen and oxygen atoms in total. The number of rotatable bonds is 17. The average molecular weight is 768 g/mol. The van der Waals surface area contributed by atoms with Crippen LogP contribution in [0, 0.1) is 11.3 Å². The third-order valence-electron chi connectivity index (χ3n) is 8.31. The van der Waals surface area contributed by atoms with Crippen LogP contribution < -0.4 is 16.0 Å². The second-order valence-electron chi connectivity index (χ2n) is 12.9. The number of likely N-dealkylation sites (tertiary alicyclic amines) is 1. The van der Waals surface area contributed by atoms with Gasteiger partial charge in [-0.15, -0.1) is 11.3 Å². The van der Waals surface area contributed by atoms with Gasteiger partial charge in [-0.25, -0.2) is 8.42 Å². The van der Waals surface area contributed by atoms with Gasteiger partial charge in [-0.05, 0) is 63.1 Å². The number of amides is 2. The molecule has 4 atom stereocenters. The molecular weight excluding hydrogens is 691 g/mol. The van der Waals surface area contributed by atoms with Crippen LogP contribution in [-0.4, -0.2) is 112 Å². The number of nitrogens with zero attached hydrogens (tertiary/aromatic N) is 2. The number of carboxylic acid groups (broad SMARTS) is 1. The summed E-state index contributed by atoms with van der Waals surface area (Å²) in [6.07, 6.45) is 10.7. The highest BCUT2D eigenvalue weighted by Gasteiger charge is 2.30. The van der Waals surface area contributed by atoms with Crippen LogP contribution in [0.1, 0.15) is 121 Å². The van der Waals surface area contributed by atoms with Gasteiger partial charge in [-0.1, -0.05) is 100 Å². The van der Waals surface area contributed by atoms with Crippen molar-refractivity contribution in [3.63, 3.8) is 0 Å². The van der Waals surface area contributed by atoms with Crippen LogP contribution in [0.15, 0.2) is 21.7 Å². The first-order chi connectivity index (χ1) is 24.1. The number of nitrogens with one attached hydrogen (secondary N) is 3. The van der Waals surface area contributed by atoms with Gasteiger partial charge >= 0.3 is 0 Å². The Morgan fingerprint density at radius 1 is 1.08 bits per heavy atom. The molecule has 1 aromatic heterocycles. The fourth-order valence-corrected chi connectivity index (χ4v) is 7.29. The summed E-state index contributed by atoms with van der Waals surface area (Å²) in [4.78, 5) is 31.3. The Hall–Kier alpha value is -2.10. The number of unbranched alkanes of at least 4 members (excludes halogenated alkanes) is 4. The third-order valence-corrected chi connectivity index (χ3v) is 11.5. The lowest BCUT2D eigenvalue weighted by molar-refractivity contribution is -0.132. The Labute approximate surface area is 316 Å². The van der Waals surface area contributed by atoms with E-state index in [-0.39, 0.29) is 43.0 Å². The standard InChI is InChI=1S/C12H22N2O2S2.C12H27N.C8H14N2O3.2C2H6.CH2O2/c1-12(2,3)10(13-4)9-14(5)18(15,16)11-7-6-8-17-11;1-5-6-7-8-9-10-11(2)12(3)13-4;11-5-7-2-1-3-10(7)8(13)4-9-6-12;2*1-2;2-1-3/h6-8,10,13H,9H2,1-5H3;11-13H,5-10H2,1-4H3;6-7,11H,1-5H2,(H,9,12);2*1-2H3;1H,(H,2,3)/t10-;;7-;;;/m1.0.../s1. The van der Waals surface area contributed by atoms with Crippen LogP contribution in [0.3, 0.4) is 0 Å². The molecular formula is C37H77N5O7S2. The molecule has 1 aromatic rings. The fraction of sp³-hybridized carbons (Fsp3) is 0.811. The largest absolute Gasteiger partial charge is 0.483 e. The van der Waals surface area contributed by atoms with E-state index in [1.807, 2.05) is 34.7 Å². The van der Waals surface area contributed by atoms with E-state index < -0.39 is 10.0 Å². The van der Waals surface area contributed by atoms with Gasteiger partial charge < -0.3 is 31.1 Å². The summed E-state index contributed by atoms with van der Waals surface area (Å²) in [5, 5.41) is 26.4. The number of hydrogen-bond donors (Lipinski definition) is 5. The summed E-state index contributed by atoms with van der Waals surface area (Å²) >= 11 is 1.25. The number of aliphatic hydroxyl groups is 1. The van der Waals surface area contributed by atoms with Gasteiger partial charge in [-0.2, -0.15) is 4.31 Å². The lowest BCUT2D eigenvalue weighted by Gasteiger charge is -2.33. The van der Waals surface area contributed by atoms with Gasteiger partial charge in [0, 0.05) is 32.2 Å². The minimum atomic E-state index is -3.35. The van der Waals surface area contributed by atoms with Crippen molar-refractivity contribution >= 4 is 40.1 Å². The van der Waals surface area contributed by atoms with Crippen LogP contribution in [-0.2, 0) is 24.4 Å². The van der Waals surface area contributed by atoms with E-state index >= 15 is 0 Å². The molecule has 2 unspecified atom stereocenters. The third kappa shape index (κ3) is 26.3. The second-order valence-corrected chi connectivity index (χ2v) is 16.1. The molecule has 0 spiro atoms. The molecule has 14 heteroatoms. The average Bonchev–Trinajstić information content (AvgIpc) is 3.85. The first kappa shape index (κ1) is 55.7. The molecule has 1 aliphatic rings. The Kier molecular flexibility index (Phi) is 38.1.